The van der Waals surface area contributed by atoms with E-state index in [2.05, 4.69) is 0 Å². The van der Waals surface area contributed by atoms with Gasteiger partial charge in [0.05, 0.1) is 24.9 Å². The molecule has 2 unspecified atom stereocenters. The monoisotopic (exact) mass is 404 g/mol. The van der Waals surface area contributed by atoms with Crippen LogP contribution in [0.15, 0.2) is 12.1 Å². The van der Waals surface area contributed by atoms with Gasteiger partial charge >= 0.3 is 13.1 Å². The van der Waals surface area contributed by atoms with Crippen LogP contribution in [0.3, 0.4) is 0 Å². The van der Waals surface area contributed by atoms with Crippen LogP contribution in [-0.4, -0.2) is 50.4 Å². The predicted molar refractivity (Wildman–Crippen MR) is 107 cm³/mol. The van der Waals surface area contributed by atoms with Crippen LogP contribution in [0.5, 0.6) is 11.5 Å². The molecule has 0 aliphatic carbocycles. The third-order valence-corrected chi connectivity index (χ3v) is 6.41. The van der Waals surface area contributed by atoms with Crippen molar-refractivity contribution < 1.29 is 33.1 Å². The molecule has 3 heterocycles. The molecule has 7 nitrogen and oxygen atoms in total. The van der Waals surface area contributed by atoms with E-state index in [0.29, 0.717) is 30.3 Å². The average molecular weight is 404 g/mol. The minimum atomic E-state index is -1.06. The summed E-state index contributed by atoms with van der Waals surface area (Å²) in [6.45, 7) is 12.6. The third kappa shape index (κ3) is 3.31. The fourth-order valence-corrected chi connectivity index (χ4v) is 4.11. The quantitative estimate of drug-likeness (QED) is 0.564. The smallest absolute Gasteiger partial charge is 0.464 e. The zero-order chi connectivity index (χ0) is 21.2. The predicted octanol–water partition coefficient (Wildman–Crippen LogP) is 3.56. The lowest BCUT2D eigenvalue weighted by atomic mass is 9.64. The van der Waals surface area contributed by atoms with Gasteiger partial charge in [0.15, 0.2) is 0 Å². The topological polar surface area (TPSA) is 72.5 Å². The van der Waals surface area contributed by atoms with E-state index in [1.54, 1.807) is 19.9 Å². The Morgan fingerprint density at radius 2 is 1.66 bits per heavy atom. The van der Waals surface area contributed by atoms with Crippen molar-refractivity contribution in [2.75, 3.05) is 20.3 Å². The molecule has 3 aliphatic heterocycles. The van der Waals surface area contributed by atoms with Gasteiger partial charge in [-0.1, -0.05) is 6.07 Å². The van der Waals surface area contributed by atoms with Crippen molar-refractivity contribution >= 4 is 13.1 Å². The van der Waals surface area contributed by atoms with Crippen molar-refractivity contribution in [3.63, 3.8) is 0 Å². The van der Waals surface area contributed by atoms with E-state index in [9.17, 15) is 4.79 Å². The SMILES string of the molecule is COc1ccc(C2COCC2B2OC(C)(C)C(C)(C)O2)c2c1C(=O)OC(C)(C)O2. The molecule has 2 atom stereocenters. The number of rotatable bonds is 3. The number of esters is 1. The number of carbonyl (C=O) groups is 1. The van der Waals surface area contributed by atoms with Crippen molar-refractivity contribution in [3.8, 4) is 11.5 Å². The molecule has 3 aliphatic rings. The summed E-state index contributed by atoms with van der Waals surface area (Å²) in [6, 6.07) is 3.71. The Balaban J connectivity index is 1.73. The number of hydrogen-bond donors (Lipinski definition) is 0. The molecular weight excluding hydrogens is 375 g/mol. The molecule has 0 amide bonds. The van der Waals surface area contributed by atoms with Crippen molar-refractivity contribution in [3.05, 3.63) is 23.3 Å². The highest BCUT2D eigenvalue weighted by Gasteiger charge is 2.57. The van der Waals surface area contributed by atoms with E-state index in [-0.39, 0.29) is 11.7 Å². The highest BCUT2D eigenvalue weighted by atomic mass is 16.7. The van der Waals surface area contributed by atoms with Gasteiger partial charge in [0, 0.05) is 37.8 Å². The molecule has 0 saturated carbocycles. The summed E-state index contributed by atoms with van der Waals surface area (Å²) in [5.41, 5.74) is 0.338. The zero-order valence-electron chi connectivity index (χ0n) is 18.2. The van der Waals surface area contributed by atoms with Gasteiger partial charge in [-0.05, 0) is 33.8 Å². The van der Waals surface area contributed by atoms with Crippen LogP contribution >= 0.6 is 0 Å². The number of ether oxygens (including phenoxy) is 4. The lowest BCUT2D eigenvalue weighted by Crippen LogP contribution is -2.41. The normalized spacial score (nSPS) is 29.2. The Morgan fingerprint density at radius 1 is 1.00 bits per heavy atom. The maximum atomic E-state index is 12.7. The lowest BCUT2D eigenvalue weighted by Gasteiger charge is -2.35. The molecular formula is C21H29BO7. The first kappa shape index (κ1) is 20.5. The first-order valence-electron chi connectivity index (χ1n) is 10.0. The largest absolute Gasteiger partial charge is 0.496 e. The van der Waals surface area contributed by atoms with Gasteiger partial charge < -0.3 is 28.3 Å². The number of hydrogen-bond acceptors (Lipinski definition) is 7. The maximum absolute atomic E-state index is 12.7. The van der Waals surface area contributed by atoms with Gasteiger partial charge in [0.2, 0.25) is 5.79 Å². The summed E-state index contributed by atoms with van der Waals surface area (Å²) in [5.74, 6) is -0.687. The molecule has 0 spiro atoms. The van der Waals surface area contributed by atoms with Crippen LogP contribution in [0.25, 0.3) is 0 Å². The molecule has 2 saturated heterocycles. The molecule has 0 radical (unpaired) electrons. The second-order valence-corrected chi connectivity index (χ2v) is 9.39. The van der Waals surface area contributed by atoms with Crippen molar-refractivity contribution in [1.82, 2.24) is 0 Å². The van der Waals surface area contributed by atoms with Crippen LogP contribution in [0.4, 0.5) is 0 Å². The zero-order valence-corrected chi connectivity index (χ0v) is 18.2. The first-order chi connectivity index (χ1) is 13.5. The number of carbonyl (C=O) groups excluding carboxylic acids is 1. The maximum Gasteiger partial charge on any atom is 0.464 e. The summed E-state index contributed by atoms with van der Waals surface area (Å²) in [7, 11) is 1.11. The van der Waals surface area contributed by atoms with E-state index < -0.39 is 30.1 Å². The van der Waals surface area contributed by atoms with Gasteiger partial charge in [-0.3, -0.25) is 0 Å². The summed E-state index contributed by atoms with van der Waals surface area (Å²) in [5, 5.41) is 0. The molecule has 0 aromatic heterocycles. The van der Waals surface area contributed by atoms with E-state index in [0.717, 1.165) is 5.56 Å². The van der Waals surface area contributed by atoms with E-state index in [1.165, 1.54) is 7.11 Å². The summed E-state index contributed by atoms with van der Waals surface area (Å²) < 4.78 is 35.3. The molecule has 1 aromatic rings. The minimum Gasteiger partial charge on any atom is -0.496 e. The van der Waals surface area contributed by atoms with Crippen LogP contribution in [0.1, 0.15) is 63.4 Å². The molecule has 1 aromatic carbocycles. The first-order valence-corrected chi connectivity index (χ1v) is 10.0. The molecule has 0 N–H and O–H groups in total. The van der Waals surface area contributed by atoms with Crippen molar-refractivity contribution in [2.24, 2.45) is 0 Å². The van der Waals surface area contributed by atoms with Gasteiger partial charge in [-0.2, -0.15) is 0 Å². The summed E-state index contributed by atoms with van der Waals surface area (Å²) in [6.07, 6.45) is 0. The van der Waals surface area contributed by atoms with Gasteiger partial charge in [-0.15, -0.1) is 0 Å². The van der Waals surface area contributed by atoms with Gasteiger partial charge in [0.1, 0.15) is 17.1 Å². The molecule has 8 heteroatoms. The van der Waals surface area contributed by atoms with E-state index in [1.807, 2.05) is 33.8 Å². The Kier molecular flexibility index (Phi) is 4.68. The number of benzene rings is 1. The lowest BCUT2D eigenvalue weighted by molar-refractivity contribution is -0.128. The molecule has 29 heavy (non-hydrogen) atoms. The second kappa shape index (κ2) is 6.62. The fraction of sp³-hybridized carbons (Fsp3) is 0.667. The Morgan fingerprint density at radius 3 is 2.28 bits per heavy atom. The summed E-state index contributed by atoms with van der Waals surface area (Å²) >= 11 is 0. The number of methoxy groups -OCH3 is 1. The van der Waals surface area contributed by atoms with Crippen LogP contribution < -0.4 is 9.47 Å². The van der Waals surface area contributed by atoms with E-state index in [4.69, 9.17) is 28.3 Å². The Hall–Kier alpha value is -1.77. The van der Waals surface area contributed by atoms with Gasteiger partial charge in [-0.25, -0.2) is 4.79 Å². The number of fused-ring (bicyclic) bond motifs is 1. The number of cyclic esters (lactones) is 1. The highest BCUT2D eigenvalue weighted by molar-refractivity contribution is 6.48. The third-order valence-electron chi connectivity index (χ3n) is 6.41. The average Bonchev–Trinajstić information content (AvgIpc) is 3.15. The van der Waals surface area contributed by atoms with Crippen molar-refractivity contribution in [2.45, 2.75) is 70.3 Å². The van der Waals surface area contributed by atoms with Crippen LogP contribution in [0, 0.1) is 0 Å². The molecule has 158 valence electrons. The Bertz CT molecular complexity index is 817. The Labute approximate surface area is 172 Å². The van der Waals surface area contributed by atoms with Crippen molar-refractivity contribution in [1.29, 1.82) is 0 Å². The summed E-state index contributed by atoms with van der Waals surface area (Å²) in [4.78, 5) is 12.7. The molecule has 4 rings (SSSR count). The van der Waals surface area contributed by atoms with Gasteiger partial charge in [0.25, 0.3) is 0 Å². The van der Waals surface area contributed by atoms with E-state index >= 15 is 0 Å². The highest BCUT2D eigenvalue weighted by Crippen LogP contribution is 2.50. The molecule has 0 bridgehead atoms. The second-order valence-electron chi connectivity index (χ2n) is 9.39. The standard InChI is InChI=1S/C21H29BO7/c1-19(2)20(3,4)29-22(28-19)14-11-25-10-13(14)12-8-9-15(24-7)16-17(12)26-21(5,6)27-18(16)23/h8-9,13-14H,10-11H2,1-7H3. The fourth-order valence-electron chi connectivity index (χ4n) is 4.11. The molecule has 2 fully saturated rings. The van der Waals surface area contributed by atoms with Crippen LogP contribution in [-0.2, 0) is 18.8 Å². The van der Waals surface area contributed by atoms with Crippen LogP contribution in [0.2, 0.25) is 5.82 Å². The minimum absolute atomic E-state index is 0.0294.